The van der Waals surface area contributed by atoms with Crippen molar-refractivity contribution in [3.8, 4) is 0 Å². The molecule has 0 aromatic heterocycles. The normalized spacial score (nSPS) is 17.5. The van der Waals surface area contributed by atoms with Crippen molar-refractivity contribution in [2.75, 3.05) is 13.1 Å². The minimum Gasteiger partial charge on any atom is -0.314 e. The highest BCUT2D eigenvalue weighted by molar-refractivity contribution is 5.24. The average Bonchev–Trinajstić information content (AvgIpc) is 2.12. The van der Waals surface area contributed by atoms with Crippen LogP contribution in [0.1, 0.15) is 19.4 Å². The molecular weight excluding hydrogens is 191 g/mol. The van der Waals surface area contributed by atoms with E-state index >= 15 is 0 Å². The Morgan fingerprint density at radius 1 is 1.40 bits per heavy atom. The first kappa shape index (κ1) is 10.6. The Morgan fingerprint density at radius 2 is 2.13 bits per heavy atom. The minimum atomic E-state index is -0.172. The fourth-order valence-corrected chi connectivity index (χ4v) is 1.86. The molecule has 0 spiro atoms. The van der Waals surface area contributed by atoms with Gasteiger partial charge in [-0.2, -0.15) is 0 Å². The van der Waals surface area contributed by atoms with Crippen LogP contribution in [-0.4, -0.2) is 19.1 Å². The van der Waals surface area contributed by atoms with E-state index in [4.69, 9.17) is 0 Å². The smallest absolute Gasteiger partial charge is 0.123 e. The summed E-state index contributed by atoms with van der Waals surface area (Å²) in [4.78, 5) is 0. The summed E-state index contributed by atoms with van der Waals surface area (Å²) >= 11 is 0. The van der Waals surface area contributed by atoms with E-state index in [-0.39, 0.29) is 11.4 Å². The summed E-state index contributed by atoms with van der Waals surface area (Å²) in [6.45, 7) is 6.16. The van der Waals surface area contributed by atoms with Gasteiger partial charge >= 0.3 is 0 Å². The molecule has 0 radical (unpaired) electrons. The van der Waals surface area contributed by atoms with Crippen LogP contribution >= 0.6 is 0 Å². The molecule has 15 heavy (non-hydrogen) atoms. The third kappa shape index (κ3) is 2.36. The number of nitrogens with one attached hydrogen (secondary N) is 2. The van der Waals surface area contributed by atoms with Crippen LogP contribution < -0.4 is 10.6 Å². The topological polar surface area (TPSA) is 24.1 Å². The highest BCUT2D eigenvalue weighted by Crippen LogP contribution is 2.21. The van der Waals surface area contributed by atoms with Gasteiger partial charge in [0.2, 0.25) is 0 Å². The fraction of sp³-hybridized carbons (Fsp3) is 0.500. The maximum absolute atomic E-state index is 13.1. The van der Waals surface area contributed by atoms with Crippen LogP contribution in [0.3, 0.4) is 0 Å². The molecule has 1 heterocycles. The Hall–Kier alpha value is -0.930. The zero-order valence-electron chi connectivity index (χ0n) is 9.18. The Labute approximate surface area is 89.9 Å². The van der Waals surface area contributed by atoms with Crippen molar-refractivity contribution in [3.05, 3.63) is 35.6 Å². The highest BCUT2D eigenvalue weighted by atomic mass is 19.1. The molecule has 0 bridgehead atoms. The SMILES string of the molecule is CC(C)(NC1CNC1)c1cccc(F)c1. The van der Waals surface area contributed by atoms with Gasteiger partial charge in [0.05, 0.1) is 0 Å². The van der Waals surface area contributed by atoms with E-state index in [0.717, 1.165) is 18.7 Å². The lowest BCUT2D eigenvalue weighted by atomic mass is 9.92. The lowest BCUT2D eigenvalue weighted by molar-refractivity contribution is 0.273. The molecule has 2 N–H and O–H groups in total. The molecule has 1 aromatic carbocycles. The summed E-state index contributed by atoms with van der Waals surface area (Å²) in [6, 6.07) is 7.29. The Kier molecular flexibility index (Phi) is 2.76. The number of halogens is 1. The second-order valence-corrected chi connectivity index (χ2v) is 4.63. The lowest BCUT2D eigenvalue weighted by Gasteiger charge is -2.37. The first-order valence-corrected chi connectivity index (χ1v) is 5.32. The van der Waals surface area contributed by atoms with Gasteiger partial charge in [0, 0.05) is 24.7 Å². The molecule has 1 aromatic rings. The lowest BCUT2D eigenvalue weighted by Crippen LogP contribution is -2.59. The summed E-state index contributed by atoms with van der Waals surface area (Å²) in [6.07, 6.45) is 0. The molecule has 1 saturated heterocycles. The Bertz CT molecular complexity index is 345. The molecule has 1 aliphatic heterocycles. The highest BCUT2D eigenvalue weighted by Gasteiger charge is 2.27. The van der Waals surface area contributed by atoms with Crippen LogP contribution in [0.25, 0.3) is 0 Å². The Morgan fingerprint density at radius 3 is 2.67 bits per heavy atom. The number of hydrogen-bond donors (Lipinski definition) is 2. The van der Waals surface area contributed by atoms with Gasteiger partial charge in [0.1, 0.15) is 5.82 Å². The zero-order valence-corrected chi connectivity index (χ0v) is 9.18. The predicted molar refractivity (Wildman–Crippen MR) is 59.2 cm³/mol. The summed E-state index contributed by atoms with van der Waals surface area (Å²) in [5.41, 5.74) is 0.823. The first-order chi connectivity index (χ1) is 7.08. The molecule has 0 unspecified atom stereocenters. The van der Waals surface area contributed by atoms with Gasteiger partial charge in [-0.05, 0) is 31.5 Å². The van der Waals surface area contributed by atoms with E-state index in [1.807, 2.05) is 6.07 Å². The quantitative estimate of drug-likeness (QED) is 0.788. The van der Waals surface area contributed by atoms with Crippen molar-refractivity contribution < 1.29 is 4.39 Å². The molecule has 2 nitrogen and oxygen atoms in total. The predicted octanol–water partition coefficient (Wildman–Crippen LogP) is 1.62. The van der Waals surface area contributed by atoms with Crippen LogP contribution in [0.5, 0.6) is 0 Å². The summed E-state index contributed by atoms with van der Waals surface area (Å²) in [5.74, 6) is -0.172. The van der Waals surface area contributed by atoms with E-state index in [2.05, 4.69) is 24.5 Å². The third-order valence-electron chi connectivity index (χ3n) is 2.89. The average molecular weight is 208 g/mol. The second-order valence-electron chi connectivity index (χ2n) is 4.63. The molecule has 0 aliphatic carbocycles. The van der Waals surface area contributed by atoms with Crippen molar-refractivity contribution >= 4 is 0 Å². The van der Waals surface area contributed by atoms with Gasteiger partial charge in [-0.3, -0.25) is 0 Å². The largest absolute Gasteiger partial charge is 0.314 e. The molecule has 0 amide bonds. The summed E-state index contributed by atoms with van der Waals surface area (Å²) < 4.78 is 13.1. The monoisotopic (exact) mass is 208 g/mol. The van der Waals surface area contributed by atoms with Crippen molar-refractivity contribution in [1.82, 2.24) is 10.6 Å². The maximum Gasteiger partial charge on any atom is 0.123 e. The van der Waals surface area contributed by atoms with Crippen LogP contribution in [0.4, 0.5) is 4.39 Å². The first-order valence-electron chi connectivity index (χ1n) is 5.32. The van der Waals surface area contributed by atoms with Crippen LogP contribution in [0.15, 0.2) is 24.3 Å². The van der Waals surface area contributed by atoms with Crippen molar-refractivity contribution in [1.29, 1.82) is 0 Å². The van der Waals surface area contributed by atoms with Crippen LogP contribution in [-0.2, 0) is 5.54 Å². The van der Waals surface area contributed by atoms with Crippen molar-refractivity contribution in [3.63, 3.8) is 0 Å². The molecule has 82 valence electrons. The number of hydrogen-bond acceptors (Lipinski definition) is 2. The molecule has 1 fully saturated rings. The maximum atomic E-state index is 13.1. The number of rotatable bonds is 3. The number of benzene rings is 1. The molecule has 1 aliphatic rings. The summed E-state index contributed by atoms with van der Waals surface area (Å²) in [7, 11) is 0. The van der Waals surface area contributed by atoms with Crippen LogP contribution in [0, 0.1) is 5.82 Å². The van der Waals surface area contributed by atoms with Crippen molar-refractivity contribution in [2.45, 2.75) is 25.4 Å². The van der Waals surface area contributed by atoms with E-state index < -0.39 is 0 Å². The molecule has 3 heteroatoms. The minimum absolute atomic E-state index is 0.172. The van der Waals surface area contributed by atoms with E-state index in [1.165, 1.54) is 6.07 Å². The van der Waals surface area contributed by atoms with Gasteiger partial charge in [0.25, 0.3) is 0 Å². The zero-order chi connectivity index (χ0) is 10.9. The molecular formula is C12H17FN2. The standard InChI is InChI=1S/C12H17FN2/c1-12(2,15-11-7-14-8-11)9-4-3-5-10(13)6-9/h3-6,11,14-15H,7-8H2,1-2H3. The Balaban J connectivity index is 2.12. The van der Waals surface area contributed by atoms with Gasteiger partial charge in [-0.15, -0.1) is 0 Å². The summed E-state index contributed by atoms with van der Waals surface area (Å²) in [5, 5.41) is 6.72. The van der Waals surface area contributed by atoms with E-state index in [1.54, 1.807) is 12.1 Å². The molecule has 2 rings (SSSR count). The van der Waals surface area contributed by atoms with Gasteiger partial charge in [0.15, 0.2) is 0 Å². The van der Waals surface area contributed by atoms with E-state index in [0.29, 0.717) is 6.04 Å². The van der Waals surface area contributed by atoms with E-state index in [9.17, 15) is 4.39 Å². The fourth-order valence-electron chi connectivity index (χ4n) is 1.86. The molecule has 0 saturated carbocycles. The van der Waals surface area contributed by atoms with Gasteiger partial charge < -0.3 is 10.6 Å². The van der Waals surface area contributed by atoms with Crippen molar-refractivity contribution in [2.24, 2.45) is 0 Å². The molecule has 0 atom stereocenters. The van der Waals surface area contributed by atoms with Gasteiger partial charge in [-0.25, -0.2) is 4.39 Å². The van der Waals surface area contributed by atoms with Crippen LogP contribution in [0.2, 0.25) is 0 Å². The third-order valence-corrected chi connectivity index (χ3v) is 2.89. The van der Waals surface area contributed by atoms with Gasteiger partial charge in [-0.1, -0.05) is 12.1 Å². The second kappa shape index (κ2) is 3.91.